The Morgan fingerprint density at radius 2 is 1.71 bits per heavy atom. The summed E-state index contributed by atoms with van der Waals surface area (Å²) in [4.78, 5) is 3.16. The van der Waals surface area contributed by atoms with Gasteiger partial charge in [-0.25, -0.2) is 0 Å². The van der Waals surface area contributed by atoms with Gasteiger partial charge in [-0.2, -0.15) is 0 Å². The SMILES string of the molecule is Cc1[nH]c2cc(O)c(O)c(C)c2c1C. The summed E-state index contributed by atoms with van der Waals surface area (Å²) in [6.45, 7) is 5.78. The standard InChI is InChI=1S/C11H13NO2/c1-5-7(3)12-8-4-9(13)11(14)6(2)10(5)8/h4,12-14H,1-3H3. The molecular weight excluding hydrogens is 178 g/mol. The van der Waals surface area contributed by atoms with Crippen LogP contribution in [0.15, 0.2) is 6.07 Å². The Kier molecular flexibility index (Phi) is 1.71. The van der Waals surface area contributed by atoms with Gasteiger partial charge in [-0.3, -0.25) is 0 Å². The van der Waals surface area contributed by atoms with Crippen molar-refractivity contribution in [1.29, 1.82) is 0 Å². The molecule has 74 valence electrons. The van der Waals surface area contributed by atoms with Crippen molar-refractivity contribution in [2.75, 3.05) is 0 Å². The number of hydrogen-bond acceptors (Lipinski definition) is 2. The van der Waals surface area contributed by atoms with Crippen LogP contribution in [0.4, 0.5) is 0 Å². The average Bonchev–Trinajstić information content (AvgIpc) is 2.39. The zero-order valence-electron chi connectivity index (χ0n) is 8.47. The fourth-order valence-corrected chi connectivity index (χ4v) is 1.85. The summed E-state index contributed by atoms with van der Waals surface area (Å²) in [6, 6.07) is 1.55. The second-order valence-electron chi connectivity index (χ2n) is 3.67. The molecule has 14 heavy (non-hydrogen) atoms. The minimum absolute atomic E-state index is 0.0281. The molecule has 1 aromatic carbocycles. The first-order chi connectivity index (χ1) is 6.52. The second-order valence-corrected chi connectivity index (χ2v) is 3.67. The third-order valence-electron chi connectivity index (χ3n) is 2.78. The van der Waals surface area contributed by atoms with Gasteiger partial charge in [0, 0.05) is 22.7 Å². The Balaban J connectivity index is 2.99. The fourth-order valence-electron chi connectivity index (χ4n) is 1.85. The van der Waals surface area contributed by atoms with Crippen molar-refractivity contribution in [3.63, 3.8) is 0 Å². The highest BCUT2D eigenvalue weighted by Crippen LogP contribution is 2.37. The number of hydrogen-bond donors (Lipinski definition) is 3. The summed E-state index contributed by atoms with van der Waals surface area (Å²) in [5.74, 6) is -0.101. The normalized spacial score (nSPS) is 11.1. The van der Waals surface area contributed by atoms with Crippen molar-refractivity contribution in [2.24, 2.45) is 0 Å². The summed E-state index contributed by atoms with van der Waals surface area (Å²) < 4.78 is 0. The van der Waals surface area contributed by atoms with E-state index < -0.39 is 0 Å². The molecule has 3 nitrogen and oxygen atoms in total. The molecule has 0 radical (unpaired) electrons. The van der Waals surface area contributed by atoms with Crippen LogP contribution in [0, 0.1) is 20.8 Å². The number of nitrogens with one attached hydrogen (secondary N) is 1. The summed E-state index contributed by atoms with van der Waals surface area (Å²) in [6.07, 6.45) is 0. The lowest BCUT2D eigenvalue weighted by molar-refractivity contribution is 0.402. The third kappa shape index (κ3) is 0.985. The van der Waals surface area contributed by atoms with E-state index in [4.69, 9.17) is 0 Å². The molecule has 0 bridgehead atoms. The van der Waals surface area contributed by atoms with E-state index in [9.17, 15) is 10.2 Å². The second kappa shape index (κ2) is 2.67. The van der Waals surface area contributed by atoms with Crippen LogP contribution < -0.4 is 0 Å². The molecule has 2 aromatic rings. The number of aromatic nitrogens is 1. The van der Waals surface area contributed by atoms with Crippen molar-refractivity contribution >= 4 is 10.9 Å². The molecule has 0 saturated heterocycles. The molecule has 0 amide bonds. The van der Waals surface area contributed by atoms with E-state index in [1.54, 1.807) is 13.0 Å². The Labute approximate surface area is 82.0 Å². The van der Waals surface area contributed by atoms with Gasteiger partial charge in [-0.05, 0) is 26.3 Å². The number of aryl methyl sites for hydroxylation is 3. The molecule has 2 rings (SSSR count). The molecule has 0 unspecified atom stereocenters. The van der Waals surface area contributed by atoms with Crippen LogP contribution in [0.5, 0.6) is 11.5 Å². The van der Waals surface area contributed by atoms with E-state index in [1.165, 1.54) is 0 Å². The van der Waals surface area contributed by atoms with Gasteiger partial charge in [0.25, 0.3) is 0 Å². The Hall–Kier alpha value is -1.64. The monoisotopic (exact) mass is 191 g/mol. The van der Waals surface area contributed by atoms with Crippen LogP contribution in [-0.2, 0) is 0 Å². The highest BCUT2D eigenvalue weighted by Gasteiger charge is 2.13. The molecular formula is C11H13NO2. The highest BCUT2D eigenvalue weighted by atomic mass is 16.3. The zero-order valence-corrected chi connectivity index (χ0v) is 8.47. The number of phenolic OH excluding ortho intramolecular Hbond substituents is 2. The first-order valence-electron chi connectivity index (χ1n) is 4.52. The van der Waals surface area contributed by atoms with Gasteiger partial charge < -0.3 is 15.2 Å². The molecule has 3 heteroatoms. The topological polar surface area (TPSA) is 56.2 Å². The molecule has 0 aliphatic carbocycles. The minimum atomic E-state index is -0.0729. The molecule has 0 atom stereocenters. The molecule has 0 aliphatic rings. The fraction of sp³-hybridized carbons (Fsp3) is 0.273. The lowest BCUT2D eigenvalue weighted by Gasteiger charge is -2.03. The minimum Gasteiger partial charge on any atom is -0.504 e. The number of benzene rings is 1. The van der Waals surface area contributed by atoms with Gasteiger partial charge in [-0.1, -0.05) is 0 Å². The maximum Gasteiger partial charge on any atom is 0.161 e. The number of fused-ring (bicyclic) bond motifs is 1. The number of H-pyrrole nitrogens is 1. The van der Waals surface area contributed by atoms with Crippen LogP contribution >= 0.6 is 0 Å². The average molecular weight is 191 g/mol. The third-order valence-corrected chi connectivity index (χ3v) is 2.78. The van der Waals surface area contributed by atoms with Crippen LogP contribution in [0.2, 0.25) is 0 Å². The molecule has 0 saturated carbocycles. The van der Waals surface area contributed by atoms with Crippen LogP contribution in [0.1, 0.15) is 16.8 Å². The van der Waals surface area contributed by atoms with E-state index >= 15 is 0 Å². The maximum atomic E-state index is 9.57. The van der Waals surface area contributed by atoms with E-state index in [0.29, 0.717) is 0 Å². The van der Waals surface area contributed by atoms with Crippen LogP contribution in [0.25, 0.3) is 10.9 Å². The largest absolute Gasteiger partial charge is 0.504 e. The van der Waals surface area contributed by atoms with E-state index in [2.05, 4.69) is 4.98 Å². The van der Waals surface area contributed by atoms with Crippen LogP contribution in [-0.4, -0.2) is 15.2 Å². The van der Waals surface area contributed by atoms with Gasteiger partial charge in [0.1, 0.15) is 0 Å². The number of aromatic hydroxyl groups is 2. The Bertz CT molecular complexity index is 512. The van der Waals surface area contributed by atoms with Gasteiger partial charge in [0.2, 0.25) is 0 Å². The van der Waals surface area contributed by atoms with Gasteiger partial charge >= 0.3 is 0 Å². The predicted octanol–water partition coefficient (Wildman–Crippen LogP) is 2.50. The van der Waals surface area contributed by atoms with Crippen molar-refractivity contribution in [1.82, 2.24) is 4.98 Å². The van der Waals surface area contributed by atoms with Crippen molar-refractivity contribution in [3.8, 4) is 11.5 Å². The molecule has 1 heterocycles. The number of rotatable bonds is 0. The molecule has 1 aromatic heterocycles. The maximum absolute atomic E-state index is 9.57. The quantitative estimate of drug-likeness (QED) is 0.560. The van der Waals surface area contributed by atoms with Crippen molar-refractivity contribution in [2.45, 2.75) is 20.8 Å². The molecule has 0 spiro atoms. The highest BCUT2D eigenvalue weighted by molar-refractivity contribution is 5.91. The van der Waals surface area contributed by atoms with Crippen molar-refractivity contribution in [3.05, 3.63) is 22.9 Å². The van der Waals surface area contributed by atoms with E-state index in [-0.39, 0.29) is 11.5 Å². The zero-order chi connectivity index (χ0) is 10.5. The first-order valence-corrected chi connectivity index (χ1v) is 4.52. The number of aromatic amines is 1. The van der Waals surface area contributed by atoms with Crippen LogP contribution in [0.3, 0.4) is 0 Å². The molecule has 0 aliphatic heterocycles. The Morgan fingerprint density at radius 3 is 2.36 bits per heavy atom. The van der Waals surface area contributed by atoms with E-state index in [0.717, 1.165) is 27.7 Å². The summed E-state index contributed by atoms with van der Waals surface area (Å²) in [7, 11) is 0. The Morgan fingerprint density at radius 1 is 1.07 bits per heavy atom. The molecule has 3 N–H and O–H groups in total. The summed E-state index contributed by atoms with van der Waals surface area (Å²) in [5, 5.41) is 20.0. The first kappa shape index (κ1) is 8.94. The number of phenols is 2. The molecule has 0 fully saturated rings. The lowest BCUT2D eigenvalue weighted by Crippen LogP contribution is -1.80. The van der Waals surface area contributed by atoms with Crippen molar-refractivity contribution < 1.29 is 10.2 Å². The predicted molar refractivity (Wildman–Crippen MR) is 55.8 cm³/mol. The van der Waals surface area contributed by atoms with Gasteiger partial charge in [-0.15, -0.1) is 0 Å². The van der Waals surface area contributed by atoms with E-state index in [1.807, 2.05) is 13.8 Å². The smallest absolute Gasteiger partial charge is 0.161 e. The van der Waals surface area contributed by atoms with Gasteiger partial charge in [0.05, 0.1) is 5.52 Å². The summed E-state index contributed by atoms with van der Waals surface area (Å²) in [5.41, 5.74) is 3.77. The lowest BCUT2D eigenvalue weighted by atomic mass is 10.1. The summed E-state index contributed by atoms with van der Waals surface area (Å²) >= 11 is 0. The van der Waals surface area contributed by atoms with Gasteiger partial charge in [0.15, 0.2) is 11.5 Å².